The van der Waals surface area contributed by atoms with Gasteiger partial charge in [0.2, 0.25) is 0 Å². The SMILES string of the molecule is CCc1cccc2ccn(Cc3cc(C)nn3C)c12. The molecule has 0 bridgehead atoms. The Kier molecular flexibility index (Phi) is 2.90. The lowest BCUT2D eigenvalue weighted by atomic mass is 10.1. The van der Waals surface area contributed by atoms with Crippen molar-refractivity contribution in [3.05, 3.63) is 53.5 Å². The molecule has 0 saturated carbocycles. The Bertz CT molecular complexity index is 719. The molecule has 0 aliphatic carbocycles. The molecule has 3 aromatic rings. The summed E-state index contributed by atoms with van der Waals surface area (Å²) < 4.78 is 4.29. The van der Waals surface area contributed by atoms with E-state index in [1.165, 1.54) is 22.2 Å². The van der Waals surface area contributed by atoms with Gasteiger partial charge >= 0.3 is 0 Å². The van der Waals surface area contributed by atoms with Gasteiger partial charge in [0, 0.05) is 13.2 Å². The highest BCUT2D eigenvalue weighted by molar-refractivity contribution is 5.83. The standard InChI is InChI=1S/C16H19N3/c1-4-13-6-5-7-14-8-9-19(16(13)14)11-15-10-12(2)17-18(15)3/h5-10H,4,11H2,1-3H3. The summed E-state index contributed by atoms with van der Waals surface area (Å²) in [6.45, 7) is 5.12. The van der Waals surface area contributed by atoms with Crippen LogP contribution in [0.25, 0.3) is 10.9 Å². The van der Waals surface area contributed by atoms with E-state index >= 15 is 0 Å². The number of nitrogens with zero attached hydrogens (tertiary/aromatic N) is 3. The van der Waals surface area contributed by atoms with Crippen LogP contribution >= 0.6 is 0 Å². The summed E-state index contributed by atoms with van der Waals surface area (Å²) in [7, 11) is 2.01. The second-order valence-electron chi connectivity index (χ2n) is 5.05. The number of aromatic nitrogens is 3. The van der Waals surface area contributed by atoms with Crippen LogP contribution in [0.4, 0.5) is 0 Å². The fourth-order valence-electron chi connectivity index (χ4n) is 2.74. The molecule has 19 heavy (non-hydrogen) atoms. The minimum Gasteiger partial charge on any atom is -0.341 e. The Morgan fingerprint density at radius 3 is 2.74 bits per heavy atom. The van der Waals surface area contributed by atoms with E-state index in [9.17, 15) is 0 Å². The van der Waals surface area contributed by atoms with Crippen LogP contribution in [-0.4, -0.2) is 14.3 Å². The third kappa shape index (κ3) is 2.05. The highest BCUT2D eigenvalue weighted by atomic mass is 15.3. The van der Waals surface area contributed by atoms with E-state index in [2.05, 4.69) is 53.1 Å². The van der Waals surface area contributed by atoms with Crippen LogP contribution in [0.3, 0.4) is 0 Å². The van der Waals surface area contributed by atoms with Crippen molar-refractivity contribution >= 4 is 10.9 Å². The lowest BCUT2D eigenvalue weighted by Crippen LogP contribution is -2.05. The fraction of sp³-hybridized carbons (Fsp3) is 0.312. The van der Waals surface area contributed by atoms with Gasteiger partial charge in [0.1, 0.15) is 0 Å². The summed E-state index contributed by atoms with van der Waals surface area (Å²) in [5, 5.41) is 5.74. The lowest BCUT2D eigenvalue weighted by molar-refractivity contribution is 0.672. The van der Waals surface area contributed by atoms with Gasteiger partial charge in [-0.15, -0.1) is 0 Å². The number of rotatable bonds is 3. The topological polar surface area (TPSA) is 22.8 Å². The molecule has 3 heteroatoms. The maximum absolute atomic E-state index is 4.42. The van der Waals surface area contributed by atoms with Crippen molar-refractivity contribution in [1.29, 1.82) is 0 Å². The van der Waals surface area contributed by atoms with Crippen LogP contribution in [0.2, 0.25) is 0 Å². The summed E-state index contributed by atoms with van der Waals surface area (Å²) in [6, 6.07) is 10.9. The summed E-state index contributed by atoms with van der Waals surface area (Å²) in [5.41, 5.74) is 5.07. The predicted molar refractivity (Wildman–Crippen MR) is 78.4 cm³/mol. The van der Waals surface area contributed by atoms with Gasteiger partial charge in [0.05, 0.1) is 23.4 Å². The molecule has 0 N–H and O–H groups in total. The molecule has 0 aliphatic heterocycles. The van der Waals surface area contributed by atoms with E-state index in [1.807, 2.05) is 18.7 Å². The van der Waals surface area contributed by atoms with E-state index in [1.54, 1.807) is 0 Å². The van der Waals surface area contributed by atoms with Crippen molar-refractivity contribution in [3.63, 3.8) is 0 Å². The van der Waals surface area contributed by atoms with E-state index in [0.29, 0.717) is 0 Å². The van der Waals surface area contributed by atoms with E-state index in [4.69, 9.17) is 0 Å². The fourth-order valence-corrected chi connectivity index (χ4v) is 2.74. The number of aryl methyl sites for hydroxylation is 3. The molecule has 3 nitrogen and oxygen atoms in total. The number of fused-ring (bicyclic) bond motifs is 1. The third-order valence-electron chi connectivity index (χ3n) is 3.68. The van der Waals surface area contributed by atoms with Crippen molar-refractivity contribution in [1.82, 2.24) is 14.3 Å². The molecule has 3 rings (SSSR count). The van der Waals surface area contributed by atoms with E-state index in [0.717, 1.165) is 18.7 Å². The van der Waals surface area contributed by atoms with Crippen molar-refractivity contribution in [3.8, 4) is 0 Å². The van der Waals surface area contributed by atoms with Gasteiger partial charge in [-0.1, -0.05) is 25.1 Å². The van der Waals surface area contributed by atoms with Gasteiger partial charge in [0.25, 0.3) is 0 Å². The highest BCUT2D eigenvalue weighted by Crippen LogP contribution is 2.22. The Labute approximate surface area is 113 Å². The van der Waals surface area contributed by atoms with Crippen molar-refractivity contribution in [2.75, 3.05) is 0 Å². The van der Waals surface area contributed by atoms with Gasteiger partial charge in [-0.05, 0) is 36.4 Å². The molecule has 0 atom stereocenters. The average molecular weight is 253 g/mol. The predicted octanol–water partition coefficient (Wildman–Crippen LogP) is 3.29. The van der Waals surface area contributed by atoms with Crippen molar-refractivity contribution < 1.29 is 0 Å². The van der Waals surface area contributed by atoms with Gasteiger partial charge in [-0.25, -0.2) is 0 Å². The summed E-state index contributed by atoms with van der Waals surface area (Å²) in [5.74, 6) is 0. The average Bonchev–Trinajstić information content (AvgIpc) is 2.94. The normalized spacial score (nSPS) is 11.3. The quantitative estimate of drug-likeness (QED) is 0.702. The third-order valence-corrected chi connectivity index (χ3v) is 3.68. The minimum absolute atomic E-state index is 0.873. The zero-order valence-electron chi connectivity index (χ0n) is 11.7. The summed E-state index contributed by atoms with van der Waals surface area (Å²) >= 11 is 0. The lowest BCUT2D eigenvalue weighted by Gasteiger charge is -2.09. The molecule has 2 aromatic heterocycles. The highest BCUT2D eigenvalue weighted by Gasteiger charge is 2.08. The first-order valence-electron chi connectivity index (χ1n) is 6.75. The van der Waals surface area contributed by atoms with E-state index < -0.39 is 0 Å². The molecule has 0 unspecified atom stereocenters. The van der Waals surface area contributed by atoms with Gasteiger partial charge < -0.3 is 4.57 Å². The largest absolute Gasteiger partial charge is 0.341 e. The molecule has 1 aromatic carbocycles. The Morgan fingerprint density at radius 1 is 1.21 bits per heavy atom. The molecule has 0 saturated heterocycles. The van der Waals surface area contributed by atoms with Gasteiger partial charge in [-0.3, -0.25) is 4.68 Å². The molecule has 0 amide bonds. The molecular weight excluding hydrogens is 234 g/mol. The van der Waals surface area contributed by atoms with Crippen LogP contribution in [0.5, 0.6) is 0 Å². The maximum atomic E-state index is 4.42. The summed E-state index contributed by atoms with van der Waals surface area (Å²) in [4.78, 5) is 0. The molecule has 0 radical (unpaired) electrons. The van der Waals surface area contributed by atoms with Crippen LogP contribution in [-0.2, 0) is 20.0 Å². The molecule has 98 valence electrons. The second kappa shape index (κ2) is 4.57. The van der Waals surface area contributed by atoms with Gasteiger partial charge in [-0.2, -0.15) is 5.10 Å². The Hall–Kier alpha value is -2.03. The van der Waals surface area contributed by atoms with Crippen LogP contribution in [0, 0.1) is 6.92 Å². The number of hydrogen-bond donors (Lipinski definition) is 0. The van der Waals surface area contributed by atoms with Crippen molar-refractivity contribution in [2.45, 2.75) is 26.8 Å². The minimum atomic E-state index is 0.873. The van der Waals surface area contributed by atoms with Crippen LogP contribution in [0.15, 0.2) is 36.5 Å². The van der Waals surface area contributed by atoms with Gasteiger partial charge in [0.15, 0.2) is 0 Å². The van der Waals surface area contributed by atoms with Crippen molar-refractivity contribution in [2.24, 2.45) is 7.05 Å². The first kappa shape index (κ1) is 12.0. The molecular formula is C16H19N3. The second-order valence-corrected chi connectivity index (χ2v) is 5.05. The number of para-hydroxylation sites is 1. The first-order valence-corrected chi connectivity index (χ1v) is 6.75. The molecule has 2 heterocycles. The molecule has 0 spiro atoms. The first-order chi connectivity index (χ1) is 9.19. The van der Waals surface area contributed by atoms with Crippen LogP contribution < -0.4 is 0 Å². The Balaban J connectivity index is 2.08. The maximum Gasteiger partial charge on any atom is 0.0645 e. The molecule has 0 aliphatic rings. The van der Waals surface area contributed by atoms with Crippen LogP contribution in [0.1, 0.15) is 23.9 Å². The summed E-state index contributed by atoms with van der Waals surface area (Å²) in [6.07, 6.45) is 3.23. The van der Waals surface area contributed by atoms with E-state index in [-0.39, 0.29) is 0 Å². The smallest absolute Gasteiger partial charge is 0.0645 e. The Morgan fingerprint density at radius 2 is 2.05 bits per heavy atom. The number of hydrogen-bond acceptors (Lipinski definition) is 1. The zero-order valence-corrected chi connectivity index (χ0v) is 11.7. The monoisotopic (exact) mass is 253 g/mol. The zero-order chi connectivity index (χ0) is 13.4. The number of benzene rings is 1. The molecule has 0 fully saturated rings.